The van der Waals surface area contributed by atoms with Gasteiger partial charge in [0.15, 0.2) is 0 Å². The molecule has 1 aromatic heterocycles. The predicted molar refractivity (Wildman–Crippen MR) is 103 cm³/mol. The first-order chi connectivity index (χ1) is 13.2. The number of carbonyl (C=O) groups excluding carboxylic acids is 2. The number of hydrogen-bond acceptors (Lipinski definition) is 7. The smallest absolute Gasteiger partial charge is 0.286 e. The van der Waals surface area contributed by atoms with Crippen LogP contribution < -0.4 is 10.6 Å². The van der Waals surface area contributed by atoms with Crippen molar-refractivity contribution in [2.75, 3.05) is 44.7 Å². The molecule has 1 aliphatic rings. The molecule has 1 saturated heterocycles. The normalized spacial score (nSPS) is 14.7. The third-order valence-corrected chi connectivity index (χ3v) is 5.09. The Morgan fingerprint density at radius 3 is 2.70 bits per heavy atom. The molecule has 2 aromatic rings. The predicted octanol–water partition coefficient (Wildman–Crippen LogP) is 1.17. The van der Waals surface area contributed by atoms with Crippen LogP contribution in [0.15, 0.2) is 30.3 Å². The third-order valence-electron chi connectivity index (χ3n) is 4.11. The lowest BCUT2D eigenvalue weighted by atomic mass is 10.3. The minimum Gasteiger partial charge on any atom is -0.379 e. The van der Waals surface area contributed by atoms with E-state index in [-0.39, 0.29) is 11.8 Å². The highest BCUT2D eigenvalue weighted by Crippen LogP contribution is 2.14. The SMILES string of the molecule is O=C(CCc1nnc(C(=O)Nc2ccccc2)s1)NCCN1CCOCC1. The first kappa shape index (κ1) is 19.4. The first-order valence-corrected chi connectivity index (χ1v) is 9.78. The van der Waals surface area contributed by atoms with E-state index in [1.165, 1.54) is 11.3 Å². The molecule has 1 aliphatic heterocycles. The summed E-state index contributed by atoms with van der Waals surface area (Å²) >= 11 is 1.21. The number of nitrogens with one attached hydrogen (secondary N) is 2. The van der Waals surface area contributed by atoms with Crippen molar-refractivity contribution in [3.8, 4) is 0 Å². The van der Waals surface area contributed by atoms with E-state index in [1.807, 2.05) is 18.2 Å². The number of anilines is 1. The molecule has 2 amide bonds. The Bertz CT molecular complexity index is 746. The van der Waals surface area contributed by atoms with Crippen LogP contribution in [-0.2, 0) is 16.0 Å². The zero-order chi connectivity index (χ0) is 18.9. The standard InChI is InChI=1S/C18H23N5O3S/c24-15(19-8-9-23-10-12-26-13-11-23)6-7-16-21-22-18(27-16)17(25)20-14-4-2-1-3-5-14/h1-5H,6-13H2,(H,19,24)(H,20,25). The molecule has 27 heavy (non-hydrogen) atoms. The van der Waals surface area contributed by atoms with Crippen LogP contribution in [0.4, 0.5) is 5.69 Å². The van der Waals surface area contributed by atoms with E-state index in [0.29, 0.717) is 35.1 Å². The van der Waals surface area contributed by atoms with Crippen molar-refractivity contribution >= 4 is 28.8 Å². The molecule has 3 rings (SSSR count). The molecule has 1 fully saturated rings. The largest absolute Gasteiger partial charge is 0.379 e. The lowest BCUT2D eigenvalue weighted by Crippen LogP contribution is -2.41. The molecule has 0 saturated carbocycles. The number of para-hydroxylation sites is 1. The topological polar surface area (TPSA) is 96.5 Å². The van der Waals surface area contributed by atoms with Gasteiger partial charge >= 0.3 is 0 Å². The van der Waals surface area contributed by atoms with E-state index in [4.69, 9.17) is 4.74 Å². The monoisotopic (exact) mass is 389 g/mol. The number of hydrogen-bond donors (Lipinski definition) is 2. The molecule has 1 aromatic carbocycles. The Kier molecular flexibility index (Phi) is 7.26. The molecule has 0 aliphatic carbocycles. The van der Waals surface area contributed by atoms with E-state index in [9.17, 15) is 9.59 Å². The lowest BCUT2D eigenvalue weighted by Gasteiger charge is -2.26. The second-order valence-electron chi connectivity index (χ2n) is 6.13. The van der Waals surface area contributed by atoms with Crippen LogP contribution >= 0.6 is 11.3 Å². The lowest BCUT2D eigenvalue weighted by molar-refractivity contribution is -0.121. The van der Waals surface area contributed by atoms with Gasteiger partial charge < -0.3 is 15.4 Å². The van der Waals surface area contributed by atoms with Crippen LogP contribution in [0, 0.1) is 0 Å². The van der Waals surface area contributed by atoms with Gasteiger partial charge in [0, 0.05) is 44.7 Å². The summed E-state index contributed by atoms with van der Waals surface area (Å²) in [5, 5.41) is 14.6. The van der Waals surface area contributed by atoms with E-state index in [2.05, 4.69) is 25.7 Å². The summed E-state index contributed by atoms with van der Waals surface area (Å²) in [4.78, 5) is 26.4. The quantitative estimate of drug-likeness (QED) is 0.704. The second-order valence-corrected chi connectivity index (χ2v) is 7.19. The van der Waals surface area contributed by atoms with Crippen molar-refractivity contribution in [3.05, 3.63) is 40.3 Å². The maximum atomic E-state index is 12.2. The van der Waals surface area contributed by atoms with Crippen molar-refractivity contribution in [1.82, 2.24) is 20.4 Å². The summed E-state index contributed by atoms with van der Waals surface area (Å²) in [5.41, 5.74) is 0.707. The van der Waals surface area contributed by atoms with Gasteiger partial charge in [0.1, 0.15) is 5.01 Å². The van der Waals surface area contributed by atoms with Gasteiger partial charge in [-0.25, -0.2) is 0 Å². The van der Waals surface area contributed by atoms with Crippen molar-refractivity contribution in [1.29, 1.82) is 0 Å². The molecular formula is C18H23N5O3S. The molecule has 144 valence electrons. The van der Waals surface area contributed by atoms with Crippen molar-refractivity contribution in [3.63, 3.8) is 0 Å². The molecule has 0 radical (unpaired) electrons. The molecule has 0 unspecified atom stereocenters. The van der Waals surface area contributed by atoms with Gasteiger partial charge in [-0.2, -0.15) is 0 Å². The molecule has 9 heteroatoms. The van der Waals surface area contributed by atoms with E-state index in [0.717, 1.165) is 32.8 Å². The number of aromatic nitrogens is 2. The molecule has 0 spiro atoms. The fourth-order valence-electron chi connectivity index (χ4n) is 2.64. The highest BCUT2D eigenvalue weighted by atomic mass is 32.1. The third kappa shape index (κ3) is 6.38. The minimum atomic E-state index is -0.292. The number of rotatable bonds is 8. The maximum absolute atomic E-state index is 12.2. The molecule has 8 nitrogen and oxygen atoms in total. The Labute approximate surface area is 161 Å². The molecule has 0 bridgehead atoms. The van der Waals surface area contributed by atoms with E-state index in [1.54, 1.807) is 12.1 Å². The summed E-state index contributed by atoms with van der Waals surface area (Å²) in [5.74, 6) is -0.311. The van der Waals surface area contributed by atoms with Crippen LogP contribution in [0.25, 0.3) is 0 Å². The highest BCUT2D eigenvalue weighted by Gasteiger charge is 2.14. The van der Waals surface area contributed by atoms with Crippen LogP contribution in [-0.4, -0.2) is 66.3 Å². The number of amides is 2. The van der Waals surface area contributed by atoms with Gasteiger partial charge in [-0.05, 0) is 12.1 Å². The van der Waals surface area contributed by atoms with Crippen LogP contribution in [0.3, 0.4) is 0 Å². The van der Waals surface area contributed by atoms with Crippen molar-refractivity contribution < 1.29 is 14.3 Å². The summed E-state index contributed by atoms with van der Waals surface area (Å²) < 4.78 is 5.30. The minimum absolute atomic E-state index is 0.0197. The Morgan fingerprint density at radius 1 is 1.15 bits per heavy atom. The summed E-state index contributed by atoms with van der Waals surface area (Å²) in [6, 6.07) is 9.19. The zero-order valence-corrected chi connectivity index (χ0v) is 15.8. The highest BCUT2D eigenvalue weighted by molar-refractivity contribution is 7.13. The molecular weight excluding hydrogens is 366 g/mol. The van der Waals surface area contributed by atoms with Gasteiger partial charge in [0.25, 0.3) is 5.91 Å². The number of morpholine rings is 1. The van der Waals surface area contributed by atoms with Crippen molar-refractivity contribution in [2.45, 2.75) is 12.8 Å². The Morgan fingerprint density at radius 2 is 1.93 bits per heavy atom. The van der Waals surface area contributed by atoms with Gasteiger partial charge in [0.05, 0.1) is 13.2 Å². The van der Waals surface area contributed by atoms with Crippen LogP contribution in [0.5, 0.6) is 0 Å². The van der Waals surface area contributed by atoms with Crippen molar-refractivity contribution in [2.24, 2.45) is 0 Å². The summed E-state index contributed by atoms with van der Waals surface area (Å²) in [6.07, 6.45) is 0.803. The fraction of sp³-hybridized carbons (Fsp3) is 0.444. The van der Waals surface area contributed by atoms with Crippen LogP contribution in [0.2, 0.25) is 0 Å². The van der Waals surface area contributed by atoms with E-state index < -0.39 is 0 Å². The average Bonchev–Trinajstić information content (AvgIpc) is 3.17. The Balaban J connectivity index is 1.37. The first-order valence-electron chi connectivity index (χ1n) is 8.96. The molecule has 0 atom stereocenters. The maximum Gasteiger partial charge on any atom is 0.286 e. The number of aryl methyl sites for hydroxylation is 1. The van der Waals surface area contributed by atoms with Gasteiger partial charge in [0.2, 0.25) is 10.9 Å². The van der Waals surface area contributed by atoms with Gasteiger partial charge in [-0.15, -0.1) is 10.2 Å². The summed E-state index contributed by atoms with van der Waals surface area (Å²) in [6.45, 7) is 4.79. The Hall–Kier alpha value is -2.36. The molecule has 2 heterocycles. The number of benzene rings is 1. The molecule has 2 N–H and O–H groups in total. The van der Waals surface area contributed by atoms with Gasteiger partial charge in [-0.3, -0.25) is 14.5 Å². The number of carbonyl (C=O) groups is 2. The second kappa shape index (κ2) is 10.1. The van der Waals surface area contributed by atoms with E-state index >= 15 is 0 Å². The van der Waals surface area contributed by atoms with Crippen LogP contribution in [0.1, 0.15) is 21.2 Å². The average molecular weight is 389 g/mol. The zero-order valence-electron chi connectivity index (χ0n) is 15.0. The summed E-state index contributed by atoms with van der Waals surface area (Å²) in [7, 11) is 0. The number of ether oxygens (including phenoxy) is 1. The van der Waals surface area contributed by atoms with Gasteiger partial charge in [-0.1, -0.05) is 29.5 Å². The fourth-order valence-corrected chi connectivity index (χ4v) is 3.37. The number of nitrogens with zero attached hydrogens (tertiary/aromatic N) is 3.